The summed E-state index contributed by atoms with van der Waals surface area (Å²) in [5.41, 5.74) is 13.6. The summed E-state index contributed by atoms with van der Waals surface area (Å²) in [6, 6.07) is 54.9. The summed E-state index contributed by atoms with van der Waals surface area (Å²) < 4.78 is 2.41. The molecule has 51 heavy (non-hydrogen) atoms. The fraction of sp³-hybridized carbons (Fsp3) is 0.265. The van der Waals surface area contributed by atoms with Gasteiger partial charge in [-0.15, -0.1) is 0 Å². The lowest BCUT2D eigenvalue weighted by Crippen LogP contribution is -2.58. The molecule has 6 aromatic carbocycles. The quantitative estimate of drug-likeness (QED) is 0.182. The number of rotatable bonds is 4. The van der Waals surface area contributed by atoms with Gasteiger partial charge in [0, 0.05) is 44.4 Å². The van der Waals surface area contributed by atoms with Gasteiger partial charge in [0.25, 0.3) is 0 Å². The molecule has 1 heterocycles. The maximum absolute atomic E-state index is 2.58. The van der Waals surface area contributed by atoms with Crippen molar-refractivity contribution in [3.63, 3.8) is 0 Å². The molecule has 4 bridgehead atoms. The Hall–Kier alpha value is -5.08. The lowest BCUT2D eigenvalue weighted by molar-refractivity contribution is -0.0443. The van der Waals surface area contributed by atoms with Gasteiger partial charge in [0.15, 0.2) is 0 Å². The van der Waals surface area contributed by atoms with Crippen LogP contribution in [0.25, 0.3) is 27.5 Å². The fourth-order valence-electron chi connectivity index (χ4n) is 12.0. The SMILES string of the molecule is CC1(C)c2ccccc2C2(c3ccc(N(c4ccccc4)c4ccc(-n5c6ccccc6c6ccccc65)cc4)cc31)C1CC3CC(C1)CC2C3. The standard InChI is InChI=1S/C49H44N2/c1-48(2)42-16-8-9-17-43(42)49(34-27-32-26-33(29-34)30-35(49)28-32)44-25-24-39(31-45(44)48)50(36-12-4-3-5-13-36)37-20-22-38(23-21-37)51-46-18-10-6-14-40(46)41-15-7-11-19-47(41)51/h3-25,31-35H,26-30H2,1-2H3. The predicted octanol–water partition coefficient (Wildman–Crippen LogP) is 12.6. The van der Waals surface area contributed by atoms with Crippen LogP contribution in [0.5, 0.6) is 0 Å². The van der Waals surface area contributed by atoms with Crippen molar-refractivity contribution in [1.82, 2.24) is 4.57 Å². The van der Waals surface area contributed by atoms with Crippen molar-refractivity contribution in [3.8, 4) is 5.69 Å². The molecule has 0 aliphatic heterocycles. The number of anilines is 3. The summed E-state index contributed by atoms with van der Waals surface area (Å²) in [6.07, 6.45) is 7.08. The summed E-state index contributed by atoms with van der Waals surface area (Å²) >= 11 is 0. The van der Waals surface area contributed by atoms with Gasteiger partial charge < -0.3 is 9.47 Å². The van der Waals surface area contributed by atoms with E-state index in [1.54, 1.807) is 16.7 Å². The normalized spacial score (nSPS) is 25.3. The highest BCUT2D eigenvalue weighted by atomic mass is 15.1. The maximum Gasteiger partial charge on any atom is 0.0541 e. The maximum atomic E-state index is 2.58. The molecule has 0 amide bonds. The molecule has 0 N–H and O–H groups in total. The van der Waals surface area contributed by atoms with E-state index in [0.29, 0.717) is 0 Å². The zero-order valence-electron chi connectivity index (χ0n) is 29.6. The summed E-state index contributed by atoms with van der Waals surface area (Å²) in [7, 11) is 0. The van der Waals surface area contributed by atoms with Crippen LogP contribution in [-0.2, 0) is 10.8 Å². The van der Waals surface area contributed by atoms with Crippen LogP contribution in [0.4, 0.5) is 17.1 Å². The molecule has 2 nitrogen and oxygen atoms in total. The second kappa shape index (κ2) is 10.7. The molecule has 0 atom stereocenters. The van der Waals surface area contributed by atoms with Crippen LogP contribution in [0.2, 0.25) is 0 Å². The Morgan fingerprint density at radius 3 is 1.63 bits per heavy atom. The van der Waals surface area contributed by atoms with Crippen LogP contribution in [0, 0.1) is 23.7 Å². The van der Waals surface area contributed by atoms with Crippen LogP contribution in [0.3, 0.4) is 0 Å². The van der Waals surface area contributed by atoms with E-state index in [1.165, 1.54) is 82.2 Å². The minimum Gasteiger partial charge on any atom is -0.310 e. The first-order valence-corrected chi connectivity index (χ1v) is 19.2. The molecule has 0 unspecified atom stereocenters. The van der Waals surface area contributed by atoms with Crippen molar-refractivity contribution in [1.29, 1.82) is 0 Å². The molecule has 0 saturated heterocycles. The number of hydrogen-bond acceptors (Lipinski definition) is 1. The van der Waals surface area contributed by atoms with E-state index in [-0.39, 0.29) is 10.8 Å². The third kappa shape index (κ3) is 4.05. The summed E-state index contributed by atoms with van der Waals surface area (Å²) in [5, 5.41) is 2.58. The molecule has 1 spiro atoms. The number of fused-ring (bicyclic) bond motifs is 5. The Kier molecular flexibility index (Phi) is 6.23. The lowest BCUT2D eigenvalue weighted by atomic mass is 9.39. The van der Waals surface area contributed by atoms with Crippen LogP contribution < -0.4 is 4.90 Å². The fourth-order valence-corrected chi connectivity index (χ4v) is 12.0. The van der Waals surface area contributed by atoms with E-state index < -0.39 is 0 Å². The third-order valence-electron chi connectivity index (χ3n) is 13.8. The van der Waals surface area contributed by atoms with E-state index in [2.05, 4.69) is 169 Å². The van der Waals surface area contributed by atoms with E-state index in [4.69, 9.17) is 0 Å². The zero-order valence-corrected chi connectivity index (χ0v) is 29.6. The van der Waals surface area contributed by atoms with Gasteiger partial charge in [-0.25, -0.2) is 0 Å². The number of hydrogen-bond donors (Lipinski definition) is 0. The lowest BCUT2D eigenvalue weighted by Gasteiger charge is -2.64. The van der Waals surface area contributed by atoms with E-state index in [1.807, 2.05) is 0 Å². The number of nitrogens with zero attached hydrogens (tertiary/aromatic N) is 2. The highest BCUT2D eigenvalue weighted by molar-refractivity contribution is 6.09. The van der Waals surface area contributed by atoms with Crippen molar-refractivity contribution < 1.29 is 0 Å². The Labute approximate surface area is 301 Å². The van der Waals surface area contributed by atoms with Crippen molar-refractivity contribution in [2.45, 2.75) is 56.8 Å². The Balaban J connectivity index is 1.08. The van der Waals surface area contributed by atoms with Gasteiger partial charge in [-0.1, -0.05) is 98.8 Å². The number of aromatic nitrogens is 1. The Morgan fingerprint density at radius 1 is 0.471 bits per heavy atom. The molecule has 7 aromatic rings. The molecule has 5 aliphatic carbocycles. The average Bonchev–Trinajstić information content (AvgIpc) is 3.50. The van der Waals surface area contributed by atoms with Crippen molar-refractivity contribution in [2.75, 3.05) is 4.90 Å². The monoisotopic (exact) mass is 660 g/mol. The topological polar surface area (TPSA) is 8.17 Å². The Bertz CT molecular complexity index is 2380. The third-order valence-corrected chi connectivity index (χ3v) is 13.8. The van der Waals surface area contributed by atoms with Crippen molar-refractivity contribution in [2.24, 2.45) is 23.7 Å². The molecule has 5 aliphatic rings. The molecule has 4 fully saturated rings. The minimum absolute atomic E-state index is 0.0927. The second-order valence-corrected chi connectivity index (χ2v) is 16.6. The smallest absolute Gasteiger partial charge is 0.0541 e. The largest absolute Gasteiger partial charge is 0.310 e. The van der Waals surface area contributed by atoms with E-state index in [0.717, 1.165) is 23.7 Å². The molecule has 12 rings (SSSR count). The highest BCUT2D eigenvalue weighted by Crippen LogP contribution is 2.68. The molecular formula is C49H44N2. The van der Waals surface area contributed by atoms with Crippen LogP contribution in [0.15, 0.2) is 146 Å². The number of benzene rings is 6. The van der Waals surface area contributed by atoms with E-state index >= 15 is 0 Å². The molecule has 1 aromatic heterocycles. The first-order chi connectivity index (χ1) is 25.0. The second-order valence-electron chi connectivity index (χ2n) is 16.6. The first kappa shape index (κ1) is 29.6. The van der Waals surface area contributed by atoms with Crippen LogP contribution in [-0.4, -0.2) is 4.57 Å². The first-order valence-electron chi connectivity index (χ1n) is 19.2. The summed E-state index contributed by atoms with van der Waals surface area (Å²) in [4.78, 5) is 2.47. The molecule has 2 heteroatoms. The predicted molar refractivity (Wildman–Crippen MR) is 212 cm³/mol. The van der Waals surface area contributed by atoms with Gasteiger partial charge in [0.05, 0.1) is 11.0 Å². The average molecular weight is 661 g/mol. The van der Waals surface area contributed by atoms with E-state index in [9.17, 15) is 0 Å². The Morgan fingerprint density at radius 2 is 0.980 bits per heavy atom. The number of para-hydroxylation sites is 3. The van der Waals surface area contributed by atoms with Gasteiger partial charge in [-0.05, 0) is 139 Å². The van der Waals surface area contributed by atoms with Crippen LogP contribution >= 0.6 is 0 Å². The molecule has 0 radical (unpaired) electrons. The highest BCUT2D eigenvalue weighted by Gasteiger charge is 2.62. The van der Waals surface area contributed by atoms with Crippen LogP contribution in [0.1, 0.15) is 68.2 Å². The summed E-state index contributed by atoms with van der Waals surface area (Å²) in [6.45, 7) is 4.95. The molecule has 4 saturated carbocycles. The van der Waals surface area contributed by atoms with Crippen molar-refractivity contribution in [3.05, 3.63) is 168 Å². The van der Waals surface area contributed by atoms with Gasteiger partial charge in [-0.3, -0.25) is 0 Å². The van der Waals surface area contributed by atoms with Gasteiger partial charge in [-0.2, -0.15) is 0 Å². The summed E-state index contributed by atoms with van der Waals surface area (Å²) in [5.74, 6) is 3.35. The van der Waals surface area contributed by atoms with Gasteiger partial charge in [0.2, 0.25) is 0 Å². The minimum atomic E-state index is -0.0927. The molecular weight excluding hydrogens is 617 g/mol. The molecule has 250 valence electrons. The van der Waals surface area contributed by atoms with Gasteiger partial charge in [0.1, 0.15) is 0 Å². The van der Waals surface area contributed by atoms with Crippen molar-refractivity contribution >= 4 is 38.9 Å². The van der Waals surface area contributed by atoms with Gasteiger partial charge >= 0.3 is 0 Å². The zero-order chi connectivity index (χ0) is 33.9.